The van der Waals surface area contributed by atoms with Crippen LogP contribution in [0.1, 0.15) is 51.3 Å². The molecule has 1 saturated carbocycles. The fraction of sp³-hybridized carbons (Fsp3) is 0.857. The summed E-state index contributed by atoms with van der Waals surface area (Å²) in [7, 11) is 0. The molecule has 0 amide bonds. The second-order valence-electron chi connectivity index (χ2n) is 5.76. The first-order valence-electron chi connectivity index (χ1n) is 7.74. The van der Waals surface area contributed by atoms with Crippen LogP contribution in [0.15, 0.2) is 0 Å². The minimum absolute atomic E-state index is 0.360. The van der Waals surface area contributed by atoms with Crippen molar-refractivity contribution in [1.82, 2.24) is 20.2 Å². The minimum atomic E-state index is -0.731. The van der Waals surface area contributed by atoms with Gasteiger partial charge in [-0.25, -0.2) is 4.68 Å². The number of nitrogens with zero attached hydrogens (tertiary/aromatic N) is 4. The Balaban J connectivity index is 2.01. The molecule has 1 fully saturated rings. The Hall–Kier alpha value is -1.50. The van der Waals surface area contributed by atoms with Gasteiger partial charge in [-0.05, 0) is 29.7 Å². The highest BCUT2D eigenvalue weighted by Gasteiger charge is 2.40. The zero-order valence-corrected chi connectivity index (χ0v) is 12.6. The quantitative estimate of drug-likeness (QED) is 0.734. The van der Waals surface area contributed by atoms with Gasteiger partial charge in [0.2, 0.25) is 0 Å². The number of aromatic nitrogens is 4. The summed E-state index contributed by atoms with van der Waals surface area (Å²) in [5, 5.41) is 21.3. The monoisotopic (exact) mass is 296 g/mol. The SMILES string of the molecule is CCCOCCc1nnnn1CC1(C(=O)O)CCCCC1. The molecule has 1 aromatic rings. The van der Waals surface area contributed by atoms with E-state index in [1.165, 1.54) is 0 Å². The molecule has 0 unspecified atom stereocenters. The van der Waals surface area contributed by atoms with E-state index in [-0.39, 0.29) is 0 Å². The van der Waals surface area contributed by atoms with Gasteiger partial charge >= 0.3 is 5.97 Å². The van der Waals surface area contributed by atoms with Crippen LogP contribution in [0.3, 0.4) is 0 Å². The van der Waals surface area contributed by atoms with Crippen LogP contribution in [0, 0.1) is 5.41 Å². The number of tetrazole rings is 1. The number of carboxylic acids is 1. The number of hydrogen-bond acceptors (Lipinski definition) is 5. The van der Waals surface area contributed by atoms with Gasteiger partial charge in [-0.15, -0.1) is 5.10 Å². The lowest BCUT2D eigenvalue weighted by molar-refractivity contribution is -0.152. The molecule has 0 bridgehead atoms. The maximum absolute atomic E-state index is 11.7. The van der Waals surface area contributed by atoms with Gasteiger partial charge in [-0.3, -0.25) is 4.79 Å². The molecule has 0 radical (unpaired) electrons. The summed E-state index contributed by atoms with van der Waals surface area (Å²) in [5.41, 5.74) is -0.716. The molecular weight excluding hydrogens is 272 g/mol. The third-order valence-electron chi connectivity index (χ3n) is 4.14. The van der Waals surface area contributed by atoms with E-state index >= 15 is 0 Å². The number of hydrogen-bond donors (Lipinski definition) is 1. The summed E-state index contributed by atoms with van der Waals surface area (Å²) < 4.78 is 7.10. The minimum Gasteiger partial charge on any atom is -0.481 e. The van der Waals surface area contributed by atoms with Crippen molar-refractivity contribution in [3.8, 4) is 0 Å². The maximum Gasteiger partial charge on any atom is 0.311 e. The van der Waals surface area contributed by atoms with Crippen LogP contribution in [0.5, 0.6) is 0 Å². The van der Waals surface area contributed by atoms with Crippen molar-refractivity contribution >= 4 is 5.97 Å². The number of ether oxygens (including phenoxy) is 1. The van der Waals surface area contributed by atoms with Gasteiger partial charge in [0.05, 0.1) is 18.6 Å². The Morgan fingerprint density at radius 2 is 2.10 bits per heavy atom. The zero-order valence-electron chi connectivity index (χ0n) is 12.6. The van der Waals surface area contributed by atoms with Crippen molar-refractivity contribution in [2.24, 2.45) is 5.41 Å². The summed E-state index contributed by atoms with van der Waals surface area (Å²) in [6, 6.07) is 0. The predicted octanol–water partition coefficient (Wildman–Crippen LogP) is 1.68. The molecule has 1 aliphatic carbocycles. The number of carbonyl (C=O) groups is 1. The Morgan fingerprint density at radius 1 is 1.33 bits per heavy atom. The molecule has 1 aliphatic rings. The second-order valence-corrected chi connectivity index (χ2v) is 5.76. The van der Waals surface area contributed by atoms with E-state index in [1.54, 1.807) is 4.68 Å². The van der Waals surface area contributed by atoms with Crippen LogP contribution >= 0.6 is 0 Å². The summed E-state index contributed by atoms with van der Waals surface area (Å²) in [4.78, 5) is 11.7. The molecule has 7 heteroatoms. The Bertz CT molecular complexity index is 455. The molecule has 7 nitrogen and oxygen atoms in total. The molecule has 0 aliphatic heterocycles. The summed E-state index contributed by atoms with van der Waals surface area (Å²) in [5.74, 6) is -0.0248. The second kappa shape index (κ2) is 7.49. The van der Waals surface area contributed by atoms with E-state index in [9.17, 15) is 9.90 Å². The number of rotatable bonds is 8. The van der Waals surface area contributed by atoms with Crippen molar-refractivity contribution in [3.05, 3.63) is 5.82 Å². The van der Waals surface area contributed by atoms with Gasteiger partial charge in [0.25, 0.3) is 0 Å². The van der Waals surface area contributed by atoms with Crippen molar-refractivity contribution < 1.29 is 14.6 Å². The van der Waals surface area contributed by atoms with Crippen LogP contribution in [0.2, 0.25) is 0 Å². The molecule has 118 valence electrons. The van der Waals surface area contributed by atoms with Crippen LogP contribution in [-0.4, -0.2) is 44.5 Å². The van der Waals surface area contributed by atoms with E-state index in [1.807, 2.05) is 0 Å². The number of carboxylic acid groups (broad SMARTS) is 1. The van der Waals surface area contributed by atoms with Crippen LogP contribution in [-0.2, 0) is 22.5 Å². The topological polar surface area (TPSA) is 90.1 Å². The van der Waals surface area contributed by atoms with E-state index in [2.05, 4.69) is 22.4 Å². The van der Waals surface area contributed by atoms with Gasteiger partial charge in [0.1, 0.15) is 0 Å². The van der Waals surface area contributed by atoms with Crippen molar-refractivity contribution in [3.63, 3.8) is 0 Å². The Kier molecular flexibility index (Phi) is 5.67. The fourth-order valence-corrected chi connectivity index (χ4v) is 2.89. The Labute approximate surface area is 124 Å². The molecule has 0 spiro atoms. The number of aliphatic carboxylic acids is 1. The molecule has 0 atom stereocenters. The predicted molar refractivity (Wildman–Crippen MR) is 75.8 cm³/mol. The highest BCUT2D eigenvalue weighted by molar-refractivity contribution is 5.74. The van der Waals surface area contributed by atoms with Gasteiger partial charge in [-0.1, -0.05) is 26.2 Å². The molecule has 1 aromatic heterocycles. The lowest BCUT2D eigenvalue weighted by Crippen LogP contribution is -2.38. The maximum atomic E-state index is 11.7. The van der Waals surface area contributed by atoms with Gasteiger partial charge in [-0.2, -0.15) is 0 Å². The van der Waals surface area contributed by atoms with Gasteiger partial charge in [0, 0.05) is 13.0 Å². The van der Waals surface area contributed by atoms with E-state index in [0.717, 1.165) is 32.3 Å². The van der Waals surface area contributed by atoms with Crippen molar-refractivity contribution in [2.75, 3.05) is 13.2 Å². The average molecular weight is 296 g/mol. The molecule has 2 rings (SSSR count). The Morgan fingerprint density at radius 3 is 2.76 bits per heavy atom. The normalized spacial score (nSPS) is 17.8. The molecule has 1 heterocycles. The molecule has 0 saturated heterocycles. The zero-order chi connectivity index (χ0) is 15.1. The highest BCUT2D eigenvalue weighted by Crippen LogP contribution is 2.38. The molecule has 0 aromatic carbocycles. The first-order valence-corrected chi connectivity index (χ1v) is 7.74. The van der Waals surface area contributed by atoms with E-state index in [0.29, 0.717) is 38.2 Å². The molecule has 1 N–H and O–H groups in total. The molecule has 21 heavy (non-hydrogen) atoms. The standard InChI is InChI=1S/C14H24N4O3/c1-2-9-21-10-6-12-15-16-17-18(12)11-14(13(19)20)7-4-3-5-8-14/h2-11H2,1H3,(H,19,20). The summed E-state index contributed by atoms with van der Waals surface area (Å²) >= 11 is 0. The van der Waals surface area contributed by atoms with Crippen molar-refractivity contribution in [1.29, 1.82) is 0 Å². The first-order chi connectivity index (χ1) is 10.2. The fourth-order valence-electron chi connectivity index (χ4n) is 2.89. The van der Waals surface area contributed by atoms with Crippen LogP contribution < -0.4 is 0 Å². The lowest BCUT2D eigenvalue weighted by atomic mass is 9.74. The third-order valence-corrected chi connectivity index (χ3v) is 4.14. The third kappa shape index (κ3) is 4.00. The van der Waals surface area contributed by atoms with Crippen molar-refractivity contribution in [2.45, 2.75) is 58.4 Å². The summed E-state index contributed by atoms with van der Waals surface area (Å²) in [6.07, 6.45) is 6.03. The largest absolute Gasteiger partial charge is 0.481 e. The highest BCUT2D eigenvalue weighted by atomic mass is 16.5. The van der Waals surface area contributed by atoms with E-state index in [4.69, 9.17) is 4.74 Å². The average Bonchev–Trinajstić information content (AvgIpc) is 2.91. The first kappa shape index (κ1) is 15.9. The van der Waals surface area contributed by atoms with Crippen LogP contribution in [0.25, 0.3) is 0 Å². The van der Waals surface area contributed by atoms with Crippen LogP contribution in [0.4, 0.5) is 0 Å². The summed E-state index contributed by atoms with van der Waals surface area (Å²) in [6.45, 7) is 3.71. The molecular formula is C14H24N4O3. The van der Waals surface area contributed by atoms with Gasteiger partial charge in [0.15, 0.2) is 5.82 Å². The van der Waals surface area contributed by atoms with Gasteiger partial charge < -0.3 is 9.84 Å². The smallest absolute Gasteiger partial charge is 0.311 e. The lowest BCUT2D eigenvalue weighted by Gasteiger charge is -2.32. The van der Waals surface area contributed by atoms with E-state index < -0.39 is 11.4 Å².